The zero-order valence-corrected chi connectivity index (χ0v) is 15.4. The molecule has 27 heavy (non-hydrogen) atoms. The fourth-order valence-electron chi connectivity index (χ4n) is 3.16. The van der Waals surface area contributed by atoms with Gasteiger partial charge >= 0.3 is 0 Å². The van der Waals surface area contributed by atoms with Gasteiger partial charge in [0.25, 0.3) is 0 Å². The van der Waals surface area contributed by atoms with E-state index in [0.717, 1.165) is 27.6 Å². The lowest BCUT2D eigenvalue weighted by molar-refractivity contribution is 0.602. The molecule has 0 radical (unpaired) electrons. The van der Waals surface area contributed by atoms with Crippen molar-refractivity contribution in [1.29, 1.82) is 0 Å². The van der Waals surface area contributed by atoms with Crippen LogP contribution in [-0.2, 0) is 9.84 Å². The van der Waals surface area contributed by atoms with Crippen molar-refractivity contribution in [3.05, 3.63) is 84.8 Å². The summed E-state index contributed by atoms with van der Waals surface area (Å²) in [7, 11) is -3.28. The van der Waals surface area contributed by atoms with Crippen molar-refractivity contribution in [2.75, 3.05) is 6.26 Å². The first-order valence-corrected chi connectivity index (χ1v) is 10.3. The standard InChI is InChI=1S/C22H16FNO2S/c1-27(25,26)18-8-3-6-16(14-18)15-5-2-7-17(13-15)19-11-12-24-22-20(19)9-4-10-21(22)23/h2-14H,1H3. The number of para-hydroxylation sites is 1. The molecule has 5 heteroatoms. The largest absolute Gasteiger partial charge is 0.253 e. The third-order valence-corrected chi connectivity index (χ3v) is 5.60. The van der Waals surface area contributed by atoms with Gasteiger partial charge in [-0.1, -0.05) is 42.5 Å². The van der Waals surface area contributed by atoms with Crippen LogP contribution in [0.3, 0.4) is 0 Å². The van der Waals surface area contributed by atoms with Crippen LogP contribution in [0.5, 0.6) is 0 Å². The van der Waals surface area contributed by atoms with Gasteiger partial charge in [0.05, 0.1) is 4.90 Å². The molecule has 0 fully saturated rings. The van der Waals surface area contributed by atoms with Gasteiger partial charge in [0, 0.05) is 17.8 Å². The van der Waals surface area contributed by atoms with Gasteiger partial charge in [-0.3, -0.25) is 4.98 Å². The highest BCUT2D eigenvalue weighted by Crippen LogP contribution is 2.32. The van der Waals surface area contributed by atoms with E-state index < -0.39 is 9.84 Å². The molecule has 1 aromatic heterocycles. The average molecular weight is 377 g/mol. The zero-order chi connectivity index (χ0) is 19.0. The maximum Gasteiger partial charge on any atom is 0.175 e. The Morgan fingerprint density at radius 1 is 0.815 bits per heavy atom. The Hall–Kier alpha value is -3.05. The van der Waals surface area contributed by atoms with Crippen molar-refractivity contribution in [1.82, 2.24) is 4.98 Å². The molecular formula is C22H16FNO2S. The zero-order valence-electron chi connectivity index (χ0n) is 14.6. The number of rotatable bonds is 3. The van der Waals surface area contributed by atoms with Crippen molar-refractivity contribution in [3.8, 4) is 22.3 Å². The predicted octanol–water partition coefficient (Wildman–Crippen LogP) is 5.11. The molecule has 0 spiro atoms. The van der Waals surface area contributed by atoms with Crippen molar-refractivity contribution < 1.29 is 12.8 Å². The van der Waals surface area contributed by atoms with Crippen LogP contribution in [-0.4, -0.2) is 19.7 Å². The number of benzene rings is 3. The molecule has 4 aromatic rings. The third-order valence-electron chi connectivity index (χ3n) is 4.49. The van der Waals surface area contributed by atoms with Crippen LogP contribution in [0.25, 0.3) is 33.2 Å². The van der Waals surface area contributed by atoms with Gasteiger partial charge < -0.3 is 0 Å². The van der Waals surface area contributed by atoms with Crippen LogP contribution in [0.15, 0.2) is 83.9 Å². The second-order valence-corrected chi connectivity index (χ2v) is 8.39. The molecule has 0 N–H and O–H groups in total. The molecule has 0 atom stereocenters. The van der Waals surface area contributed by atoms with E-state index in [4.69, 9.17) is 0 Å². The Bertz CT molecular complexity index is 1270. The summed E-state index contributed by atoms with van der Waals surface area (Å²) in [6, 6.07) is 21.4. The lowest BCUT2D eigenvalue weighted by atomic mass is 9.97. The fraction of sp³-hybridized carbons (Fsp3) is 0.0455. The Morgan fingerprint density at radius 3 is 2.26 bits per heavy atom. The van der Waals surface area contributed by atoms with Crippen LogP contribution in [0.4, 0.5) is 4.39 Å². The molecule has 0 bridgehead atoms. The number of sulfone groups is 1. The predicted molar refractivity (Wildman–Crippen MR) is 106 cm³/mol. The van der Waals surface area contributed by atoms with Crippen molar-refractivity contribution in [2.24, 2.45) is 0 Å². The Labute approximate surface area is 157 Å². The van der Waals surface area contributed by atoms with Crippen LogP contribution in [0, 0.1) is 5.82 Å². The van der Waals surface area contributed by atoms with E-state index in [1.54, 1.807) is 30.5 Å². The summed E-state index contributed by atoms with van der Waals surface area (Å²) in [5.41, 5.74) is 3.82. The second-order valence-electron chi connectivity index (χ2n) is 6.38. The molecule has 3 aromatic carbocycles. The van der Waals surface area contributed by atoms with E-state index in [0.29, 0.717) is 5.52 Å². The highest BCUT2D eigenvalue weighted by atomic mass is 32.2. The minimum absolute atomic E-state index is 0.279. The number of hydrogen-bond acceptors (Lipinski definition) is 3. The highest BCUT2D eigenvalue weighted by Gasteiger charge is 2.11. The Kier molecular flexibility index (Phi) is 4.24. The number of halogens is 1. The quantitative estimate of drug-likeness (QED) is 0.498. The first-order chi connectivity index (χ1) is 12.9. The second kappa shape index (κ2) is 6.59. The van der Waals surface area contributed by atoms with E-state index in [9.17, 15) is 12.8 Å². The summed E-state index contributed by atoms with van der Waals surface area (Å²) < 4.78 is 37.7. The van der Waals surface area contributed by atoms with Crippen LogP contribution in [0.2, 0.25) is 0 Å². The number of aromatic nitrogens is 1. The lowest BCUT2D eigenvalue weighted by Gasteiger charge is -2.10. The van der Waals surface area contributed by atoms with Gasteiger partial charge in [0.15, 0.2) is 9.84 Å². The summed E-state index contributed by atoms with van der Waals surface area (Å²) >= 11 is 0. The minimum Gasteiger partial charge on any atom is -0.253 e. The fourth-order valence-corrected chi connectivity index (χ4v) is 3.83. The molecule has 0 saturated carbocycles. The molecule has 0 unspecified atom stereocenters. The molecule has 134 valence electrons. The SMILES string of the molecule is CS(=O)(=O)c1cccc(-c2cccc(-c3ccnc4c(F)cccc34)c2)c1. The molecule has 4 rings (SSSR count). The molecular weight excluding hydrogens is 361 g/mol. The van der Waals surface area contributed by atoms with Gasteiger partial charge in [0.1, 0.15) is 11.3 Å². The average Bonchev–Trinajstić information content (AvgIpc) is 2.67. The molecule has 1 heterocycles. The van der Waals surface area contributed by atoms with Gasteiger partial charge in [-0.15, -0.1) is 0 Å². The van der Waals surface area contributed by atoms with E-state index in [1.165, 1.54) is 12.3 Å². The topological polar surface area (TPSA) is 47.0 Å². The molecule has 0 aliphatic carbocycles. The Balaban J connectivity index is 1.87. The monoisotopic (exact) mass is 377 g/mol. The summed E-state index contributed by atoms with van der Waals surface area (Å²) in [5, 5.41) is 0.736. The van der Waals surface area contributed by atoms with Crippen LogP contribution < -0.4 is 0 Å². The minimum atomic E-state index is -3.28. The van der Waals surface area contributed by atoms with E-state index >= 15 is 0 Å². The number of nitrogens with zero attached hydrogens (tertiary/aromatic N) is 1. The number of pyridine rings is 1. The molecule has 3 nitrogen and oxygen atoms in total. The Morgan fingerprint density at radius 2 is 1.48 bits per heavy atom. The maximum absolute atomic E-state index is 14.1. The lowest BCUT2D eigenvalue weighted by Crippen LogP contribution is -1.96. The third kappa shape index (κ3) is 3.34. The van der Waals surface area contributed by atoms with Gasteiger partial charge in [-0.2, -0.15) is 0 Å². The van der Waals surface area contributed by atoms with Crippen LogP contribution >= 0.6 is 0 Å². The normalized spacial score (nSPS) is 11.6. The van der Waals surface area contributed by atoms with Crippen molar-refractivity contribution >= 4 is 20.7 Å². The number of hydrogen-bond donors (Lipinski definition) is 0. The van der Waals surface area contributed by atoms with Gasteiger partial charge in [0.2, 0.25) is 0 Å². The van der Waals surface area contributed by atoms with Gasteiger partial charge in [-0.25, -0.2) is 12.8 Å². The van der Waals surface area contributed by atoms with Gasteiger partial charge in [-0.05, 0) is 52.6 Å². The molecule has 0 aliphatic heterocycles. The van der Waals surface area contributed by atoms with E-state index in [2.05, 4.69) is 4.98 Å². The maximum atomic E-state index is 14.1. The highest BCUT2D eigenvalue weighted by molar-refractivity contribution is 7.90. The van der Waals surface area contributed by atoms with Crippen molar-refractivity contribution in [2.45, 2.75) is 4.90 Å². The molecule has 0 saturated heterocycles. The molecule has 0 aliphatic rings. The summed E-state index contributed by atoms with van der Waals surface area (Å²) in [4.78, 5) is 4.42. The summed E-state index contributed by atoms with van der Waals surface area (Å²) in [5.74, 6) is -0.355. The van der Waals surface area contributed by atoms with E-state index in [-0.39, 0.29) is 10.7 Å². The smallest absolute Gasteiger partial charge is 0.175 e. The van der Waals surface area contributed by atoms with Crippen LogP contribution in [0.1, 0.15) is 0 Å². The summed E-state index contributed by atoms with van der Waals surface area (Å²) in [6.07, 6.45) is 2.79. The first kappa shape index (κ1) is 17.4. The van der Waals surface area contributed by atoms with Crippen molar-refractivity contribution in [3.63, 3.8) is 0 Å². The summed E-state index contributed by atoms with van der Waals surface area (Å²) in [6.45, 7) is 0. The first-order valence-electron chi connectivity index (χ1n) is 8.38. The van der Waals surface area contributed by atoms with E-state index in [1.807, 2.05) is 42.5 Å². The molecule has 0 amide bonds. The number of fused-ring (bicyclic) bond motifs is 1.